The molecule has 1 saturated heterocycles. The lowest BCUT2D eigenvalue weighted by Gasteiger charge is -2.20. The lowest BCUT2D eigenvalue weighted by Crippen LogP contribution is -2.43. The Morgan fingerprint density at radius 1 is 1.33 bits per heavy atom. The maximum Gasteiger partial charge on any atom is 0.325 e. The Labute approximate surface area is 153 Å². The molecule has 2 aromatic rings. The van der Waals surface area contributed by atoms with E-state index < -0.39 is 47.6 Å². The maximum atomic E-state index is 13.8. The Balaban J connectivity index is 1.69. The molecular weight excluding hydrogens is 360 g/mol. The largest absolute Gasteiger partial charge is 0.466 e. The van der Waals surface area contributed by atoms with Crippen LogP contribution in [0.15, 0.2) is 41.0 Å². The maximum absolute atomic E-state index is 13.8. The molecule has 0 radical (unpaired) electrons. The molecule has 142 valence electrons. The molecule has 1 aliphatic heterocycles. The van der Waals surface area contributed by atoms with Crippen molar-refractivity contribution < 1.29 is 27.6 Å². The van der Waals surface area contributed by atoms with E-state index >= 15 is 0 Å². The normalized spacial score (nSPS) is 20.5. The van der Waals surface area contributed by atoms with Crippen LogP contribution in [0.4, 0.5) is 13.6 Å². The standard InChI is InChI=1S/C18H17F2N3O4/c1-10(12-6-5-11(19)8-13(12)20)21-15(24)9-23-16(25)18(2,22-17(23)26)14-4-3-7-27-14/h3-8,10H,9H2,1-2H3,(H,21,24)(H,22,26)/t10-,18-/m0/s1. The predicted molar refractivity (Wildman–Crippen MR) is 89.2 cm³/mol. The summed E-state index contributed by atoms with van der Waals surface area (Å²) in [7, 11) is 0. The SMILES string of the molecule is C[C@H](NC(=O)CN1C(=O)N[C@@](C)(c2ccco2)C1=O)c1ccc(F)cc1F. The minimum atomic E-state index is -1.41. The van der Waals surface area contributed by atoms with E-state index in [9.17, 15) is 23.2 Å². The number of urea groups is 1. The first kappa shape index (κ1) is 18.6. The van der Waals surface area contributed by atoms with Gasteiger partial charge in [0.05, 0.1) is 12.3 Å². The van der Waals surface area contributed by atoms with Crippen LogP contribution in [-0.2, 0) is 15.1 Å². The van der Waals surface area contributed by atoms with Crippen LogP contribution in [0, 0.1) is 11.6 Å². The number of furan rings is 1. The van der Waals surface area contributed by atoms with Crippen molar-refractivity contribution in [3.63, 3.8) is 0 Å². The van der Waals surface area contributed by atoms with Crippen molar-refractivity contribution >= 4 is 17.8 Å². The highest BCUT2D eigenvalue weighted by atomic mass is 19.1. The van der Waals surface area contributed by atoms with Gasteiger partial charge in [-0.2, -0.15) is 0 Å². The van der Waals surface area contributed by atoms with E-state index in [-0.39, 0.29) is 11.3 Å². The average molecular weight is 377 g/mol. The Hall–Kier alpha value is -3.23. The van der Waals surface area contributed by atoms with Gasteiger partial charge in [-0.25, -0.2) is 13.6 Å². The van der Waals surface area contributed by atoms with Crippen LogP contribution in [-0.4, -0.2) is 29.3 Å². The first-order chi connectivity index (χ1) is 12.7. The minimum absolute atomic E-state index is 0.0855. The van der Waals surface area contributed by atoms with Crippen molar-refractivity contribution in [3.05, 3.63) is 59.6 Å². The number of nitrogens with zero attached hydrogens (tertiary/aromatic N) is 1. The number of hydrogen-bond acceptors (Lipinski definition) is 4. The predicted octanol–water partition coefficient (Wildman–Crippen LogP) is 2.20. The van der Waals surface area contributed by atoms with Crippen molar-refractivity contribution in [1.82, 2.24) is 15.5 Å². The summed E-state index contributed by atoms with van der Waals surface area (Å²) in [6, 6.07) is 4.61. The fourth-order valence-corrected chi connectivity index (χ4v) is 2.93. The highest BCUT2D eigenvalue weighted by molar-refractivity contribution is 6.08. The molecule has 4 amide bonds. The molecule has 1 aliphatic rings. The van der Waals surface area contributed by atoms with Gasteiger partial charge >= 0.3 is 6.03 Å². The summed E-state index contributed by atoms with van der Waals surface area (Å²) in [6.45, 7) is 2.43. The van der Waals surface area contributed by atoms with E-state index in [1.165, 1.54) is 26.2 Å². The summed E-state index contributed by atoms with van der Waals surface area (Å²) in [5, 5.41) is 4.99. The number of imide groups is 1. The topological polar surface area (TPSA) is 91.7 Å². The summed E-state index contributed by atoms with van der Waals surface area (Å²) in [5.41, 5.74) is -1.32. The highest BCUT2D eigenvalue weighted by Crippen LogP contribution is 2.29. The second-order valence-corrected chi connectivity index (χ2v) is 6.38. The highest BCUT2D eigenvalue weighted by Gasteiger charge is 2.51. The molecule has 0 unspecified atom stereocenters. The van der Waals surface area contributed by atoms with Gasteiger partial charge in [0.25, 0.3) is 5.91 Å². The Kier molecular flexibility index (Phi) is 4.69. The fourth-order valence-electron chi connectivity index (χ4n) is 2.93. The van der Waals surface area contributed by atoms with Crippen molar-refractivity contribution in [2.24, 2.45) is 0 Å². The molecule has 1 fully saturated rings. The molecule has 2 atom stereocenters. The van der Waals surface area contributed by atoms with Crippen LogP contribution in [0.25, 0.3) is 0 Å². The number of carbonyl (C=O) groups is 3. The number of halogens is 2. The van der Waals surface area contributed by atoms with E-state index in [2.05, 4.69) is 10.6 Å². The quantitative estimate of drug-likeness (QED) is 0.782. The zero-order chi connectivity index (χ0) is 19.8. The Morgan fingerprint density at radius 3 is 2.70 bits per heavy atom. The number of carbonyl (C=O) groups excluding carboxylic acids is 3. The third-order valence-corrected chi connectivity index (χ3v) is 4.40. The summed E-state index contributed by atoms with van der Waals surface area (Å²) in [6.07, 6.45) is 1.37. The number of nitrogens with one attached hydrogen (secondary N) is 2. The molecule has 2 N–H and O–H groups in total. The Bertz CT molecular complexity index is 900. The molecule has 2 heterocycles. The van der Waals surface area contributed by atoms with Gasteiger partial charge in [-0.1, -0.05) is 6.07 Å². The summed E-state index contributed by atoms with van der Waals surface area (Å²) in [4.78, 5) is 37.8. The van der Waals surface area contributed by atoms with Crippen molar-refractivity contribution in [2.45, 2.75) is 25.4 Å². The van der Waals surface area contributed by atoms with Gasteiger partial charge in [-0.15, -0.1) is 0 Å². The van der Waals surface area contributed by atoms with Gasteiger partial charge in [0.15, 0.2) is 5.54 Å². The molecule has 1 aromatic carbocycles. The van der Waals surface area contributed by atoms with Crippen LogP contribution in [0.1, 0.15) is 31.2 Å². The smallest absolute Gasteiger partial charge is 0.325 e. The molecule has 9 heteroatoms. The summed E-state index contributed by atoms with van der Waals surface area (Å²) in [5.74, 6) is -2.60. The molecule has 0 aliphatic carbocycles. The average Bonchev–Trinajstić information content (AvgIpc) is 3.19. The zero-order valence-electron chi connectivity index (χ0n) is 14.6. The van der Waals surface area contributed by atoms with Crippen LogP contribution >= 0.6 is 0 Å². The number of rotatable bonds is 5. The summed E-state index contributed by atoms with van der Waals surface area (Å²) < 4.78 is 32.0. The lowest BCUT2D eigenvalue weighted by molar-refractivity contribution is -0.135. The second-order valence-electron chi connectivity index (χ2n) is 6.38. The van der Waals surface area contributed by atoms with Crippen molar-refractivity contribution in [2.75, 3.05) is 6.54 Å². The van der Waals surface area contributed by atoms with Gasteiger partial charge in [0.1, 0.15) is 23.9 Å². The van der Waals surface area contributed by atoms with Gasteiger partial charge in [0, 0.05) is 11.6 Å². The van der Waals surface area contributed by atoms with Crippen LogP contribution in [0.3, 0.4) is 0 Å². The molecule has 7 nitrogen and oxygen atoms in total. The monoisotopic (exact) mass is 377 g/mol. The molecule has 27 heavy (non-hydrogen) atoms. The lowest BCUT2D eigenvalue weighted by atomic mass is 9.99. The van der Waals surface area contributed by atoms with Crippen molar-refractivity contribution in [1.29, 1.82) is 0 Å². The fraction of sp³-hybridized carbons (Fsp3) is 0.278. The molecule has 0 saturated carbocycles. The van der Waals surface area contributed by atoms with E-state index in [1.807, 2.05) is 0 Å². The van der Waals surface area contributed by atoms with Gasteiger partial charge in [0.2, 0.25) is 5.91 Å². The molecule has 0 spiro atoms. The number of hydrogen-bond donors (Lipinski definition) is 2. The second kappa shape index (κ2) is 6.82. The first-order valence-corrected chi connectivity index (χ1v) is 8.15. The van der Waals surface area contributed by atoms with Gasteiger partial charge < -0.3 is 15.1 Å². The van der Waals surface area contributed by atoms with Crippen LogP contribution < -0.4 is 10.6 Å². The van der Waals surface area contributed by atoms with E-state index in [0.717, 1.165) is 11.0 Å². The molecule has 0 bridgehead atoms. The molecule has 1 aromatic heterocycles. The third-order valence-electron chi connectivity index (χ3n) is 4.40. The summed E-state index contributed by atoms with van der Waals surface area (Å²) >= 11 is 0. The number of amides is 4. The Morgan fingerprint density at radius 2 is 2.07 bits per heavy atom. The minimum Gasteiger partial charge on any atom is -0.466 e. The van der Waals surface area contributed by atoms with E-state index in [0.29, 0.717) is 6.07 Å². The van der Waals surface area contributed by atoms with E-state index in [1.54, 1.807) is 12.1 Å². The van der Waals surface area contributed by atoms with Gasteiger partial charge in [-0.3, -0.25) is 14.5 Å². The zero-order valence-corrected chi connectivity index (χ0v) is 14.6. The first-order valence-electron chi connectivity index (χ1n) is 8.15. The van der Waals surface area contributed by atoms with Gasteiger partial charge in [-0.05, 0) is 32.0 Å². The molecule has 3 rings (SSSR count). The van der Waals surface area contributed by atoms with E-state index in [4.69, 9.17) is 4.42 Å². The molecular formula is C18H17F2N3O4. The van der Waals surface area contributed by atoms with Crippen LogP contribution in [0.5, 0.6) is 0 Å². The van der Waals surface area contributed by atoms with Crippen LogP contribution in [0.2, 0.25) is 0 Å². The third kappa shape index (κ3) is 3.40. The van der Waals surface area contributed by atoms with Crippen molar-refractivity contribution in [3.8, 4) is 0 Å². The number of benzene rings is 1.